The van der Waals surface area contributed by atoms with E-state index in [1.54, 1.807) is 5.01 Å². The number of carboxylic acids is 1. The van der Waals surface area contributed by atoms with E-state index in [9.17, 15) is 4.79 Å². The summed E-state index contributed by atoms with van der Waals surface area (Å²) in [6, 6.07) is -0.150. The van der Waals surface area contributed by atoms with Crippen molar-refractivity contribution >= 4 is 11.8 Å². The van der Waals surface area contributed by atoms with Crippen molar-refractivity contribution in [2.45, 2.75) is 25.3 Å². The maximum absolute atomic E-state index is 10.3. The molecule has 6 heteroatoms. The highest BCUT2D eigenvalue weighted by atomic mass is 16.4. The van der Waals surface area contributed by atoms with E-state index in [4.69, 9.17) is 16.2 Å². The van der Waals surface area contributed by atoms with Crippen molar-refractivity contribution in [2.24, 2.45) is 5.73 Å². The summed E-state index contributed by atoms with van der Waals surface area (Å²) < 4.78 is 0. The minimum atomic E-state index is -0.905. The Kier molecular flexibility index (Phi) is 3.84. The number of hydrogen-bond acceptors (Lipinski definition) is 4. The number of rotatable bonds is 4. The molecule has 0 aliphatic carbocycles. The lowest BCUT2D eigenvalue weighted by Crippen LogP contribution is -2.54. The van der Waals surface area contributed by atoms with Crippen molar-refractivity contribution in [3.8, 4) is 0 Å². The molecule has 0 aromatic heterocycles. The number of nitrogens with two attached hydrogens (primary N) is 1. The molecule has 0 aromatic carbocycles. The molecule has 1 saturated heterocycles. The summed E-state index contributed by atoms with van der Waals surface area (Å²) in [6.45, 7) is 0.626. The van der Waals surface area contributed by atoms with E-state index in [2.05, 4.69) is 5.43 Å². The van der Waals surface area contributed by atoms with Crippen LogP contribution in [0.5, 0.6) is 0 Å². The van der Waals surface area contributed by atoms with Crippen LogP contribution in [-0.2, 0) is 4.79 Å². The average molecular weight is 200 g/mol. The average Bonchev–Trinajstić information content (AvgIpc) is 2.15. The number of carboxylic acid groups (broad SMARTS) is 1. The van der Waals surface area contributed by atoms with Crippen molar-refractivity contribution in [3.63, 3.8) is 0 Å². The van der Waals surface area contributed by atoms with Gasteiger partial charge in [-0.05, 0) is 12.8 Å². The first-order valence-corrected chi connectivity index (χ1v) is 4.67. The molecule has 0 spiro atoms. The molecular weight excluding hydrogens is 184 g/mol. The van der Waals surface area contributed by atoms with Gasteiger partial charge in [-0.15, -0.1) is 0 Å². The lowest BCUT2D eigenvalue weighted by atomic mass is 10.0. The maximum Gasteiger partial charge on any atom is 0.318 e. The zero-order valence-electron chi connectivity index (χ0n) is 7.99. The first-order chi connectivity index (χ1) is 6.61. The molecule has 0 aromatic rings. The minimum absolute atomic E-state index is 0.0996. The van der Waals surface area contributed by atoms with Gasteiger partial charge in [0.25, 0.3) is 0 Å². The predicted molar refractivity (Wildman–Crippen MR) is 51.9 cm³/mol. The second-order valence-corrected chi connectivity index (χ2v) is 3.39. The number of nitrogens with one attached hydrogen (secondary N) is 2. The Labute approximate surface area is 82.5 Å². The van der Waals surface area contributed by atoms with Crippen LogP contribution in [0.2, 0.25) is 0 Å². The molecule has 0 bridgehead atoms. The number of amidine groups is 1. The molecule has 0 radical (unpaired) electrons. The Hall–Kier alpha value is -1.14. The normalized spacial score (nSPS) is 23.3. The lowest BCUT2D eigenvalue weighted by molar-refractivity contribution is -0.137. The Bertz CT molecular complexity index is 231. The highest BCUT2D eigenvalue weighted by molar-refractivity contribution is 5.82. The molecule has 1 aliphatic heterocycles. The fraction of sp³-hybridized carbons (Fsp3) is 0.750. The molecular formula is C8H16N4O2. The van der Waals surface area contributed by atoms with Crippen molar-refractivity contribution in [1.82, 2.24) is 10.4 Å². The van der Waals surface area contributed by atoms with Gasteiger partial charge in [-0.1, -0.05) is 6.42 Å². The number of hydrogen-bond donors (Lipinski definition) is 4. The molecule has 0 saturated carbocycles. The lowest BCUT2D eigenvalue weighted by Gasteiger charge is -2.34. The number of hydrazine groups is 1. The fourth-order valence-corrected chi connectivity index (χ4v) is 1.61. The Morgan fingerprint density at radius 3 is 2.93 bits per heavy atom. The minimum Gasteiger partial charge on any atom is -0.480 e. The number of piperidine rings is 1. The van der Waals surface area contributed by atoms with Gasteiger partial charge in [-0.3, -0.25) is 10.2 Å². The van der Waals surface area contributed by atoms with Gasteiger partial charge >= 0.3 is 5.97 Å². The van der Waals surface area contributed by atoms with E-state index in [0.717, 1.165) is 25.8 Å². The second kappa shape index (κ2) is 4.92. The Balaban J connectivity index is 2.45. The SMILES string of the molecule is N=C(N)C1CCCCN1NCC(=O)O. The topological polar surface area (TPSA) is 102 Å². The maximum atomic E-state index is 10.3. The molecule has 6 nitrogen and oxygen atoms in total. The Morgan fingerprint density at radius 1 is 1.64 bits per heavy atom. The molecule has 1 aliphatic rings. The largest absolute Gasteiger partial charge is 0.480 e. The van der Waals surface area contributed by atoms with E-state index >= 15 is 0 Å². The molecule has 1 atom stereocenters. The summed E-state index contributed by atoms with van der Waals surface area (Å²) in [4.78, 5) is 10.3. The van der Waals surface area contributed by atoms with Gasteiger partial charge in [-0.2, -0.15) is 0 Å². The summed E-state index contributed by atoms with van der Waals surface area (Å²) in [6.07, 6.45) is 2.87. The first-order valence-electron chi connectivity index (χ1n) is 4.67. The molecule has 1 unspecified atom stereocenters. The number of aliphatic carboxylic acids is 1. The highest BCUT2D eigenvalue weighted by Gasteiger charge is 2.24. The molecule has 0 amide bonds. The highest BCUT2D eigenvalue weighted by Crippen LogP contribution is 2.14. The smallest absolute Gasteiger partial charge is 0.318 e. The monoisotopic (exact) mass is 200 g/mol. The van der Waals surface area contributed by atoms with Crippen molar-refractivity contribution in [1.29, 1.82) is 5.41 Å². The van der Waals surface area contributed by atoms with Crippen LogP contribution in [0.4, 0.5) is 0 Å². The summed E-state index contributed by atoms with van der Waals surface area (Å²) >= 11 is 0. The van der Waals surface area contributed by atoms with E-state index in [-0.39, 0.29) is 18.4 Å². The summed E-state index contributed by atoms with van der Waals surface area (Å²) in [5.74, 6) is -0.805. The van der Waals surface area contributed by atoms with Crippen molar-refractivity contribution in [2.75, 3.05) is 13.1 Å². The molecule has 5 N–H and O–H groups in total. The summed E-state index contributed by atoms with van der Waals surface area (Å²) in [7, 11) is 0. The predicted octanol–water partition coefficient (Wildman–Crippen LogP) is -0.634. The van der Waals surface area contributed by atoms with Gasteiger partial charge in [0.1, 0.15) is 12.4 Å². The number of nitrogens with zero attached hydrogens (tertiary/aromatic N) is 1. The van der Waals surface area contributed by atoms with Gasteiger partial charge in [0.05, 0.1) is 6.04 Å². The first kappa shape index (κ1) is 10.9. The molecule has 1 fully saturated rings. The Morgan fingerprint density at radius 2 is 2.36 bits per heavy atom. The van der Waals surface area contributed by atoms with Crippen molar-refractivity contribution in [3.05, 3.63) is 0 Å². The zero-order valence-corrected chi connectivity index (χ0v) is 7.99. The third kappa shape index (κ3) is 2.97. The second-order valence-electron chi connectivity index (χ2n) is 3.39. The molecule has 1 rings (SSSR count). The van der Waals surface area contributed by atoms with E-state index < -0.39 is 5.97 Å². The summed E-state index contributed by atoms with van der Waals surface area (Å²) in [5, 5.41) is 17.6. The molecule has 80 valence electrons. The third-order valence-corrected chi connectivity index (χ3v) is 2.30. The van der Waals surface area contributed by atoms with Gasteiger partial charge in [0, 0.05) is 6.54 Å². The van der Waals surface area contributed by atoms with Gasteiger partial charge in [0.2, 0.25) is 0 Å². The quantitative estimate of drug-likeness (QED) is 0.357. The van der Waals surface area contributed by atoms with Crippen LogP contribution in [0.25, 0.3) is 0 Å². The molecule has 1 heterocycles. The van der Waals surface area contributed by atoms with Crippen LogP contribution < -0.4 is 11.2 Å². The van der Waals surface area contributed by atoms with E-state index in [0.29, 0.717) is 0 Å². The van der Waals surface area contributed by atoms with Crippen LogP contribution in [0.3, 0.4) is 0 Å². The van der Waals surface area contributed by atoms with Crippen LogP contribution in [0, 0.1) is 5.41 Å². The van der Waals surface area contributed by atoms with Crippen LogP contribution in [0.1, 0.15) is 19.3 Å². The fourth-order valence-electron chi connectivity index (χ4n) is 1.61. The van der Waals surface area contributed by atoms with Crippen molar-refractivity contribution < 1.29 is 9.90 Å². The van der Waals surface area contributed by atoms with Gasteiger partial charge in [-0.25, -0.2) is 10.4 Å². The van der Waals surface area contributed by atoms with Crippen LogP contribution in [0.15, 0.2) is 0 Å². The van der Waals surface area contributed by atoms with Gasteiger partial charge < -0.3 is 10.8 Å². The van der Waals surface area contributed by atoms with E-state index in [1.807, 2.05) is 0 Å². The van der Waals surface area contributed by atoms with Gasteiger partial charge in [0.15, 0.2) is 0 Å². The van der Waals surface area contributed by atoms with E-state index in [1.165, 1.54) is 0 Å². The van der Waals surface area contributed by atoms with Crippen LogP contribution in [-0.4, -0.2) is 41.1 Å². The zero-order chi connectivity index (χ0) is 10.6. The standard InChI is InChI=1S/C8H16N4O2/c9-8(10)6-3-1-2-4-12(6)11-5-7(13)14/h6,11H,1-5H2,(H3,9,10)(H,13,14). The third-order valence-electron chi connectivity index (χ3n) is 2.30. The summed E-state index contributed by atoms with van der Waals surface area (Å²) in [5.41, 5.74) is 8.18. The number of carbonyl (C=O) groups is 1. The molecule has 14 heavy (non-hydrogen) atoms. The van der Waals surface area contributed by atoms with Crippen LogP contribution >= 0.6 is 0 Å².